The standard InChI is InChI=1S/C33H38N6O4/c1-5-38(6-2)21-33(3,4)22-42-26-12-13-29-24(14-26)15-30(37-29)28-16-25(17-34-31(28)40)36-32(41)43-27-18-35-39(20-27)19-23-10-8-7-9-11-23/h7-18,20,37H,5-6,19,21-22H2,1-4H3,(H,34,40)(H,36,41). The van der Waals surface area contributed by atoms with Crippen molar-refractivity contribution in [2.45, 2.75) is 34.2 Å². The van der Waals surface area contributed by atoms with Crippen LogP contribution in [0.3, 0.4) is 0 Å². The Morgan fingerprint density at radius 1 is 1.05 bits per heavy atom. The monoisotopic (exact) mass is 582 g/mol. The van der Waals surface area contributed by atoms with Gasteiger partial charge in [0.05, 0.1) is 42.5 Å². The molecule has 0 saturated heterocycles. The molecule has 0 saturated carbocycles. The number of ether oxygens (including phenoxy) is 2. The third kappa shape index (κ3) is 7.72. The van der Waals surface area contributed by atoms with Gasteiger partial charge in [-0.3, -0.25) is 14.8 Å². The van der Waals surface area contributed by atoms with Crippen LogP contribution in [0.25, 0.3) is 22.2 Å². The summed E-state index contributed by atoms with van der Waals surface area (Å²) in [6, 6.07) is 19.2. The van der Waals surface area contributed by atoms with E-state index in [1.807, 2.05) is 54.6 Å². The minimum Gasteiger partial charge on any atom is -0.493 e. The predicted octanol–water partition coefficient (Wildman–Crippen LogP) is 6.13. The molecule has 3 aromatic heterocycles. The van der Waals surface area contributed by atoms with Crippen LogP contribution >= 0.6 is 0 Å². The number of carbonyl (C=O) groups excluding carboxylic acids is 1. The Labute approximate surface area is 250 Å². The number of nitrogens with one attached hydrogen (secondary N) is 3. The lowest BCUT2D eigenvalue weighted by molar-refractivity contribution is 0.121. The number of amides is 1. The van der Waals surface area contributed by atoms with Crippen molar-refractivity contribution in [2.75, 3.05) is 31.6 Å². The van der Waals surface area contributed by atoms with Crippen molar-refractivity contribution in [1.82, 2.24) is 24.6 Å². The van der Waals surface area contributed by atoms with Crippen LogP contribution in [0.15, 0.2) is 84.0 Å². The number of anilines is 1. The first kappa shape index (κ1) is 29.7. The number of hydrogen-bond acceptors (Lipinski definition) is 6. The molecular formula is C33H38N6O4. The van der Waals surface area contributed by atoms with Crippen molar-refractivity contribution in [2.24, 2.45) is 5.41 Å². The lowest BCUT2D eigenvalue weighted by Gasteiger charge is -2.31. The SMILES string of the molecule is CCN(CC)CC(C)(C)COc1ccc2[nH]c(-c3cc(NC(=O)Oc4cnn(Cc5ccccc5)c4)c[nH]c3=O)cc2c1. The highest BCUT2D eigenvalue weighted by molar-refractivity contribution is 5.89. The molecule has 0 aliphatic heterocycles. The van der Waals surface area contributed by atoms with Gasteiger partial charge in [-0.2, -0.15) is 5.10 Å². The Kier molecular flexibility index (Phi) is 8.96. The lowest BCUT2D eigenvalue weighted by Crippen LogP contribution is -2.37. The van der Waals surface area contributed by atoms with Gasteiger partial charge in [0, 0.05) is 29.1 Å². The molecule has 1 amide bonds. The molecule has 10 heteroatoms. The van der Waals surface area contributed by atoms with Gasteiger partial charge in [-0.05, 0) is 49.0 Å². The van der Waals surface area contributed by atoms with E-state index in [9.17, 15) is 9.59 Å². The molecule has 0 atom stereocenters. The van der Waals surface area contributed by atoms with Crippen LogP contribution in [0.2, 0.25) is 0 Å². The lowest BCUT2D eigenvalue weighted by atomic mass is 9.94. The van der Waals surface area contributed by atoms with E-state index in [-0.39, 0.29) is 11.0 Å². The number of carbonyl (C=O) groups is 1. The van der Waals surface area contributed by atoms with E-state index in [1.165, 1.54) is 12.4 Å². The minimum absolute atomic E-state index is 0.00515. The topological polar surface area (TPSA) is 117 Å². The third-order valence-corrected chi connectivity index (χ3v) is 7.22. The van der Waals surface area contributed by atoms with Crippen molar-refractivity contribution in [1.29, 1.82) is 0 Å². The van der Waals surface area contributed by atoms with Gasteiger partial charge in [0.15, 0.2) is 5.75 Å². The molecule has 0 aliphatic carbocycles. The Morgan fingerprint density at radius 2 is 1.84 bits per heavy atom. The Hall–Kier alpha value is -4.83. The second-order valence-electron chi connectivity index (χ2n) is 11.4. The first-order valence-electron chi connectivity index (χ1n) is 14.5. The normalized spacial score (nSPS) is 11.7. The third-order valence-electron chi connectivity index (χ3n) is 7.22. The average Bonchev–Trinajstić information content (AvgIpc) is 3.62. The Balaban J connectivity index is 1.24. The molecule has 43 heavy (non-hydrogen) atoms. The van der Waals surface area contributed by atoms with Crippen LogP contribution < -0.4 is 20.3 Å². The quantitative estimate of drug-likeness (QED) is 0.163. The van der Waals surface area contributed by atoms with Crippen molar-refractivity contribution < 1.29 is 14.3 Å². The first-order chi connectivity index (χ1) is 20.7. The number of aromatic nitrogens is 4. The fraction of sp³-hybridized carbons (Fsp3) is 0.303. The van der Waals surface area contributed by atoms with Crippen molar-refractivity contribution in [3.63, 3.8) is 0 Å². The van der Waals surface area contributed by atoms with Crippen LogP contribution in [0.4, 0.5) is 10.5 Å². The van der Waals surface area contributed by atoms with Gasteiger partial charge < -0.3 is 24.3 Å². The minimum atomic E-state index is -0.695. The molecule has 5 rings (SSSR count). The summed E-state index contributed by atoms with van der Waals surface area (Å²) in [5.41, 5.74) is 3.04. The summed E-state index contributed by atoms with van der Waals surface area (Å²) in [6.45, 7) is 12.9. The molecule has 0 bridgehead atoms. The molecule has 224 valence electrons. The van der Waals surface area contributed by atoms with E-state index in [2.05, 4.69) is 53.0 Å². The van der Waals surface area contributed by atoms with Crippen LogP contribution in [0.5, 0.6) is 11.5 Å². The number of hydrogen-bond donors (Lipinski definition) is 3. The Bertz CT molecular complexity index is 1730. The molecule has 2 aromatic carbocycles. The van der Waals surface area contributed by atoms with E-state index in [0.717, 1.165) is 41.9 Å². The maximum Gasteiger partial charge on any atom is 0.417 e. The zero-order chi connectivity index (χ0) is 30.4. The molecule has 0 radical (unpaired) electrons. The number of pyridine rings is 1. The van der Waals surface area contributed by atoms with E-state index in [4.69, 9.17) is 9.47 Å². The van der Waals surface area contributed by atoms with E-state index < -0.39 is 6.09 Å². The maximum absolute atomic E-state index is 12.7. The predicted molar refractivity (Wildman–Crippen MR) is 169 cm³/mol. The first-order valence-corrected chi connectivity index (χ1v) is 14.5. The van der Waals surface area contributed by atoms with E-state index >= 15 is 0 Å². The van der Waals surface area contributed by atoms with E-state index in [0.29, 0.717) is 35.8 Å². The molecule has 0 fully saturated rings. The van der Waals surface area contributed by atoms with Crippen LogP contribution in [0, 0.1) is 5.41 Å². The van der Waals surface area contributed by atoms with Crippen LogP contribution in [-0.4, -0.2) is 57.0 Å². The second kappa shape index (κ2) is 13.0. The number of rotatable bonds is 12. The Morgan fingerprint density at radius 3 is 2.60 bits per heavy atom. The van der Waals surface area contributed by atoms with Gasteiger partial charge in [0.2, 0.25) is 0 Å². The molecule has 3 heterocycles. The molecule has 0 spiro atoms. The average molecular weight is 583 g/mol. The fourth-order valence-electron chi connectivity index (χ4n) is 4.98. The number of benzene rings is 2. The molecule has 3 N–H and O–H groups in total. The highest BCUT2D eigenvalue weighted by Gasteiger charge is 2.22. The summed E-state index contributed by atoms with van der Waals surface area (Å²) in [5, 5.41) is 7.85. The van der Waals surface area contributed by atoms with Crippen LogP contribution in [0.1, 0.15) is 33.3 Å². The summed E-state index contributed by atoms with van der Waals surface area (Å²) in [6.07, 6.45) is 3.87. The number of H-pyrrole nitrogens is 2. The zero-order valence-electron chi connectivity index (χ0n) is 25.0. The van der Waals surface area contributed by atoms with Crippen molar-refractivity contribution in [3.05, 3.63) is 95.2 Å². The van der Waals surface area contributed by atoms with Gasteiger partial charge in [0.1, 0.15) is 5.75 Å². The fourth-order valence-corrected chi connectivity index (χ4v) is 4.98. The summed E-state index contributed by atoms with van der Waals surface area (Å²) in [7, 11) is 0. The van der Waals surface area contributed by atoms with Gasteiger partial charge >= 0.3 is 6.09 Å². The molecule has 5 aromatic rings. The summed E-state index contributed by atoms with van der Waals surface area (Å²) >= 11 is 0. The van der Waals surface area contributed by atoms with Crippen molar-refractivity contribution >= 4 is 22.7 Å². The molecule has 0 aliphatic rings. The highest BCUT2D eigenvalue weighted by Crippen LogP contribution is 2.28. The molecule has 10 nitrogen and oxygen atoms in total. The molecule has 0 unspecified atom stereocenters. The molecular weight excluding hydrogens is 544 g/mol. The number of fused-ring (bicyclic) bond motifs is 1. The van der Waals surface area contributed by atoms with Gasteiger partial charge in [-0.25, -0.2) is 4.79 Å². The van der Waals surface area contributed by atoms with Gasteiger partial charge in [0.25, 0.3) is 5.56 Å². The van der Waals surface area contributed by atoms with E-state index in [1.54, 1.807) is 16.9 Å². The second-order valence-corrected chi connectivity index (χ2v) is 11.4. The highest BCUT2D eigenvalue weighted by atomic mass is 16.6. The van der Waals surface area contributed by atoms with Crippen LogP contribution in [-0.2, 0) is 6.54 Å². The maximum atomic E-state index is 12.7. The largest absolute Gasteiger partial charge is 0.493 e. The number of aromatic amines is 2. The zero-order valence-corrected chi connectivity index (χ0v) is 25.0. The van der Waals surface area contributed by atoms with Crippen molar-refractivity contribution in [3.8, 4) is 22.8 Å². The number of nitrogens with zero attached hydrogens (tertiary/aromatic N) is 3. The summed E-state index contributed by atoms with van der Waals surface area (Å²) < 4.78 is 13.3. The smallest absolute Gasteiger partial charge is 0.417 e. The summed E-state index contributed by atoms with van der Waals surface area (Å²) in [4.78, 5) is 33.7. The van der Waals surface area contributed by atoms with Gasteiger partial charge in [-0.1, -0.05) is 58.0 Å². The summed E-state index contributed by atoms with van der Waals surface area (Å²) in [5.74, 6) is 1.08. The van der Waals surface area contributed by atoms with Gasteiger partial charge in [-0.15, -0.1) is 0 Å².